The standard InChI is InChI=1S/C11H16O3/c1-3-8(2)11(10(13)14)7-5-4-6-9(11)12/h3,8H,1,4-7H2,2H3,(H,13,14). The zero-order chi connectivity index (χ0) is 10.8. The molecule has 0 aromatic carbocycles. The van der Waals surface area contributed by atoms with Gasteiger partial charge in [0.05, 0.1) is 0 Å². The van der Waals surface area contributed by atoms with Crippen molar-refractivity contribution in [2.24, 2.45) is 11.3 Å². The Morgan fingerprint density at radius 2 is 2.29 bits per heavy atom. The lowest BCUT2D eigenvalue weighted by Gasteiger charge is -2.35. The van der Waals surface area contributed by atoms with Gasteiger partial charge in [-0.25, -0.2) is 0 Å². The summed E-state index contributed by atoms with van der Waals surface area (Å²) in [5.41, 5.74) is -1.19. The number of carbonyl (C=O) groups is 2. The highest BCUT2D eigenvalue weighted by molar-refractivity contribution is 6.04. The van der Waals surface area contributed by atoms with Crippen LogP contribution >= 0.6 is 0 Å². The molecule has 0 spiro atoms. The first-order valence-corrected chi connectivity index (χ1v) is 4.95. The van der Waals surface area contributed by atoms with Crippen LogP contribution in [0.1, 0.15) is 32.6 Å². The molecule has 0 aliphatic heterocycles. The Balaban J connectivity index is 3.07. The van der Waals surface area contributed by atoms with Crippen LogP contribution in [0.15, 0.2) is 12.7 Å². The molecule has 2 unspecified atom stereocenters. The Morgan fingerprint density at radius 3 is 2.71 bits per heavy atom. The van der Waals surface area contributed by atoms with Crippen molar-refractivity contribution in [1.29, 1.82) is 0 Å². The molecule has 3 heteroatoms. The Labute approximate surface area is 83.8 Å². The summed E-state index contributed by atoms with van der Waals surface area (Å²) in [5.74, 6) is -1.41. The molecule has 0 amide bonds. The van der Waals surface area contributed by atoms with Crippen LogP contribution in [0.25, 0.3) is 0 Å². The SMILES string of the molecule is C=CC(C)C1(C(=O)O)CCCCC1=O. The van der Waals surface area contributed by atoms with E-state index in [2.05, 4.69) is 6.58 Å². The predicted molar refractivity (Wildman–Crippen MR) is 52.9 cm³/mol. The Morgan fingerprint density at radius 1 is 1.64 bits per heavy atom. The van der Waals surface area contributed by atoms with E-state index in [1.165, 1.54) is 0 Å². The molecular weight excluding hydrogens is 180 g/mol. The van der Waals surface area contributed by atoms with Crippen molar-refractivity contribution in [3.63, 3.8) is 0 Å². The molecule has 1 saturated carbocycles. The summed E-state index contributed by atoms with van der Waals surface area (Å²) in [5, 5.41) is 9.19. The smallest absolute Gasteiger partial charge is 0.317 e. The highest BCUT2D eigenvalue weighted by atomic mass is 16.4. The van der Waals surface area contributed by atoms with Gasteiger partial charge in [0.15, 0.2) is 5.78 Å². The molecule has 0 aromatic heterocycles. The lowest BCUT2D eigenvalue weighted by Crippen LogP contribution is -2.46. The summed E-state index contributed by atoms with van der Waals surface area (Å²) in [4.78, 5) is 22.9. The fourth-order valence-corrected chi connectivity index (χ4v) is 2.16. The topological polar surface area (TPSA) is 54.4 Å². The number of carboxylic acid groups (broad SMARTS) is 1. The third-order valence-corrected chi connectivity index (χ3v) is 3.24. The second-order valence-electron chi connectivity index (χ2n) is 3.93. The summed E-state index contributed by atoms with van der Waals surface area (Å²) in [6.07, 6.45) is 4.05. The minimum absolute atomic E-state index is 0.136. The highest BCUT2D eigenvalue weighted by Crippen LogP contribution is 2.40. The van der Waals surface area contributed by atoms with Crippen LogP contribution in [-0.4, -0.2) is 16.9 Å². The third kappa shape index (κ3) is 1.47. The van der Waals surface area contributed by atoms with Gasteiger partial charge in [-0.2, -0.15) is 0 Å². The molecule has 2 atom stereocenters. The molecule has 0 bridgehead atoms. The lowest BCUT2D eigenvalue weighted by molar-refractivity contribution is -0.159. The number of hydrogen-bond acceptors (Lipinski definition) is 2. The van der Waals surface area contributed by atoms with Gasteiger partial charge < -0.3 is 5.11 Å². The minimum Gasteiger partial charge on any atom is -0.480 e. The molecule has 3 nitrogen and oxygen atoms in total. The van der Waals surface area contributed by atoms with Crippen LogP contribution in [0.3, 0.4) is 0 Å². The number of hydrogen-bond donors (Lipinski definition) is 1. The molecule has 78 valence electrons. The summed E-state index contributed by atoms with van der Waals surface area (Å²) in [7, 11) is 0. The van der Waals surface area contributed by atoms with Crippen LogP contribution in [0.4, 0.5) is 0 Å². The van der Waals surface area contributed by atoms with E-state index in [9.17, 15) is 14.7 Å². The van der Waals surface area contributed by atoms with Crippen LogP contribution in [0, 0.1) is 11.3 Å². The van der Waals surface area contributed by atoms with E-state index < -0.39 is 11.4 Å². The van der Waals surface area contributed by atoms with Gasteiger partial charge in [-0.3, -0.25) is 9.59 Å². The molecular formula is C11H16O3. The highest BCUT2D eigenvalue weighted by Gasteiger charge is 2.49. The summed E-state index contributed by atoms with van der Waals surface area (Å²) < 4.78 is 0. The van der Waals surface area contributed by atoms with Crippen LogP contribution in [0.2, 0.25) is 0 Å². The fraction of sp³-hybridized carbons (Fsp3) is 0.636. The number of allylic oxidation sites excluding steroid dienone is 1. The van der Waals surface area contributed by atoms with Gasteiger partial charge in [0.2, 0.25) is 0 Å². The number of rotatable bonds is 3. The van der Waals surface area contributed by atoms with Gasteiger partial charge in [-0.1, -0.05) is 19.4 Å². The van der Waals surface area contributed by atoms with E-state index in [0.29, 0.717) is 12.8 Å². The average molecular weight is 196 g/mol. The number of carbonyl (C=O) groups excluding carboxylic acids is 1. The maximum absolute atomic E-state index is 11.7. The van der Waals surface area contributed by atoms with Gasteiger partial charge in [0.25, 0.3) is 0 Å². The van der Waals surface area contributed by atoms with E-state index in [-0.39, 0.29) is 11.7 Å². The quantitative estimate of drug-likeness (QED) is 0.555. The molecule has 1 rings (SSSR count). The molecule has 1 fully saturated rings. The number of aliphatic carboxylic acids is 1. The molecule has 0 radical (unpaired) electrons. The Hall–Kier alpha value is -1.12. The number of ketones is 1. The average Bonchev–Trinajstić information content (AvgIpc) is 2.17. The van der Waals surface area contributed by atoms with Gasteiger partial charge >= 0.3 is 5.97 Å². The maximum atomic E-state index is 11.7. The Kier molecular flexibility index (Phi) is 3.09. The second-order valence-corrected chi connectivity index (χ2v) is 3.93. The second kappa shape index (κ2) is 3.95. The van der Waals surface area contributed by atoms with Crippen LogP contribution < -0.4 is 0 Å². The first-order valence-electron chi connectivity index (χ1n) is 4.95. The van der Waals surface area contributed by atoms with Crippen molar-refractivity contribution in [2.45, 2.75) is 32.6 Å². The van der Waals surface area contributed by atoms with E-state index in [1.807, 2.05) is 0 Å². The number of carboxylic acids is 1. The fourth-order valence-electron chi connectivity index (χ4n) is 2.16. The molecule has 0 heterocycles. The van der Waals surface area contributed by atoms with E-state index in [4.69, 9.17) is 0 Å². The van der Waals surface area contributed by atoms with Gasteiger partial charge in [-0.05, 0) is 18.8 Å². The molecule has 1 N–H and O–H groups in total. The largest absolute Gasteiger partial charge is 0.480 e. The lowest BCUT2D eigenvalue weighted by atomic mass is 9.65. The number of Topliss-reactive ketones (excluding diaryl/α,β-unsaturated/α-hetero) is 1. The van der Waals surface area contributed by atoms with Crippen molar-refractivity contribution in [3.8, 4) is 0 Å². The molecule has 0 saturated heterocycles. The zero-order valence-corrected chi connectivity index (χ0v) is 8.45. The normalized spacial score (nSPS) is 29.6. The zero-order valence-electron chi connectivity index (χ0n) is 8.45. The molecule has 1 aliphatic rings. The minimum atomic E-state index is -1.19. The molecule has 14 heavy (non-hydrogen) atoms. The van der Waals surface area contributed by atoms with Gasteiger partial charge in [-0.15, -0.1) is 6.58 Å². The van der Waals surface area contributed by atoms with E-state index in [0.717, 1.165) is 12.8 Å². The van der Waals surface area contributed by atoms with Crippen molar-refractivity contribution in [1.82, 2.24) is 0 Å². The van der Waals surface area contributed by atoms with E-state index >= 15 is 0 Å². The summed E-state index contributed by atoms with van der Waals surface area (Å²) in [6, 6.07) is 0. The monoisotopic (exact) mass is 196 g/mol. The van der Waals surface area contributed by atoms with Crippen molar-refractivity contribution >= 4 is 11.8 Å². The Bertz CT molecular complexity index is 270. The van der Waals surface area contributed by atoms with Crippen molar-refractivity contribution in [3.05, 3.63) is 12.7 Å². The first-order chi connectivity index (χ1) is 6.55. The van der Waals surface area contributed by atoms with Crippen LogP contribution in [-0.2, 0) is 9.59 Å². The maximum Gasteiger partial charge on any atom is 0.317 e. The van der Waals surface area contributed by atoms with Gasteiger partial charge in [0.1, 0.15) is 5.41 Å². The summed E-state index contributed by atoms with van der Waals surface area (Å²) >= 11 is 0. The van der Waals surface area contributed by atoms with Crippen LogP contribution in [0.5, 0.6) is 0 Å². The van der Waals surface area contributed by atoms with E-state index in [1.54, 1.807) is 13.0 Å². The first kappa shape index (κ1) is 11.0. The molecule has 1 aliphatic carbocycles. The van der Waals surface area contributed by atoms with Crippen molar-refractivity contribution < 1.29 is 14.7 Å². The summed E-state index contributed by atoms with van der Waals surface area (Å²) in [6.45, 7) is 5.34. The molecule has 0 aromatic rings. The third-order valence-electron chi connectivity index (χ3n) is 3.24. The van der Waals surface area contributed by atoms with Crippen molar-refractivity contribution in [2.75, 3.05) is 0 Å². The van der Waals surface area contributed by atoms with Gasteiger partial charge in [0, 0.05) is 6.42 Å². The predicted octanol–water partition coefficient (Wildman–Crippen LogP) is 2.02.